The number of amides is 2. The Kier molecular flexibility index (Phi) is 6.01. The lowest BCUT2D eigenvalue weighted by Crippen LogP contribution is -2.52. The lowest BCUT2D eigenvalue weighted by molar-refractivity contribution is -0.135. The summed E-state index contributed by atoms with van der Waals surface area (Å²) < 4.78 is 5.08. The van der Waals surface area contributed by atoms with E-state index in [0.717, 1.165) is 5.56 Å². The van der Waals surface area contributed by atoms with Gasteiger partial charge in [-0.15, -0.1) is 0 Å². The molecule has 0 bridgehead atoms. The van der Waals surface area contributed by atoms with Crippen LogP contribution in [0.2, 0.25) is 0 Å². The van der Waals surface area contributed by atoms with E-state index in [1.165, 1.54) is 6.92 Å². The standard InChI is InChI=1S/C15H21BN2O5/c1-11(19)18-8-13(9-18)10-23-15(20)17-14(16(21)22)7-12-5-3-2-4-6-12/h2-6,13-14,21-22H,7-10H2,1H3,(H,17,20)/t14-/m0/s1. The maximum Gasteiger partial charge on any atom is 0.475 e. The van der Waals surface area contributed by atoms with Crippen LogP contribution in [-0.4, -0.2) is 59.7 Å². The summed E-state index contributed by atoms with van der Waals surface area (Å²) in [6.07, 6.45) is -0.407. The van der Waals surface area contributed by atoms with E-state index in [9.17, 15) is 19.6 Å². The van der Waals surface area contributed by atoms with Gasteiger partial charge < -0.3 is 25.0 Å². The van der Waals surface area contributed by atoms with Gasteiger partial charge in [0.15, 0.2) is 0 Å². The molecule has 1 aliphatic rings. The Balaban J connectivity index is 1.74. The van der Waals surface area contributed by atoms with Gasteiger partial charge in [-0.1, -0.05) is 30.3 Å². The Morgan fingerprint density at radius 2 is 2.00 bits per heavy atom. The Hall–Kier alpha value is -2.06. The van der Waals surface area contributed by atoms with Gasteiger partial charge in [0.2, 0.25) is 5.91 Å². The molecule has 8 heteroatoms. The fourth-order valence-corrected chi connectivity index (χ4v) is 2.42. The first-order chi connectivity index (χ1) is 11.0. The molecule has 0 saturated carbocycles. The molecular formula is C15H21BN2O5. The summed E-state index contributed by atoms with van der Waals surface area (Å²) in [5.74, 6) is -0.701. The molecule has 0 radical (unpaired) electrons. The molecule has 1 aromatic carbocycles. The minimum atomic E-state index is -1.68. The Bertz CT molecular complexity index is 534. The van der Waals surface area contributed by atoms with Crippen LogP contribution in [0.4, 0.5) is 4.79 Å². The zero-order valence-electron chi connectivity index (χ0n) is 13.0. The highest BCUT2D eigenvalue weighted by molar-refractivity contribution is 6.43. The molecule has 1 atom stereocenters. The fourth-order valence-electron chi connectivity index (χ4n) is 2.42. The molecule has 0 aliphatic carbocycles. The number of benzene rings is 1. The van der Waals surface area contributed by atoms with Gasteiger partial charge in [-0.25, -0.2) is 4.79 Å². The number of likely N-dealkylation sites (tertiary alicyclic amines) is 1. The molecule has 1 saturated heterocycles. The number of ether oxygens (including phenoxy) is 1. The van der Waals surface area contributed by atoms with Crippen LogP contribution in [0.3, 0.4) is 0 Å². The molecule has 1 aliphatic heterocycles. The van der Waals surface area contributed by atoms with Gasteiger partial charge in [-0.05, 0) is 12.0 Å². The second kappa shape index (κ2) is 7.98. The van der Waals surface area contributed by atoms with Gasteiger partial charge in [0.05, 0.1) is 12.5 Å². The smallest absolute Gasteiger partial charge is 0.449 e. The summed E-state index contributed by atoms with van der Waals surface area (Å²) in [6, 6.07) is 9.22. The second-order valence-electron chi connectivity index (χ2n) is 5.74. The molecule has 23 heavy (non-hydrogen) atoms. The molecule has 1 aromatic rings. The molecule has 7 nitrogen and oxygen atoms in total. The van der Waals surface area contributed by atoms with E-state index >= 15 is 0 Å². The highest BCUT2D eigenvalue weighted by Gasteiger charge is 2.30. The van der Waals surface area contributed by atoms with Crippen molar-refractivity contribution in [3.8, 4) is 0 Å². The third-order valence-corrected chi connectivity index (χ3v) is 3.81. The van der Waals surface area contributed by atoms with Crippen molar-refractivity contribution in [3.05, 3.63) is 35.9 Å². The van der Waals surface area contributed by atoms with Gasteiger partial charge in [-0.2, -0.15) is 0 Å². The predicted molar refractivity (Wildman–Crippen MR) is 84.4 cm³/mol. The summed E-state index contributed by atoms with van der Waals surface area (Å²) in [4.78, 5) is 24.5. The third kappa shape index (κ3) is 5.26. The average molecular weight is 320 g/mol. The normalized spacial score (nSPS) is 15.5. The minimum absolute atomic E-state index is 0.0111. The quantitative estimate of drug-likeness (QED) is 0.631. The van der Waals surface area contributed by atoms with Crippen molar-refractivity contribution in [2.24, 2.45) is 5.92 Å². The zero-order chi connectivity index (χ0) is 16.8. The van der Waals surface area contributed by atoms with Crippen LogP contribution in [-0.2, 0) is 16.0 Å². The molecule has 0 spiro atoms. The van der Waals surface area contributed by atoms with Crippen molar-refractivity contribution in [1.29, 1.82) is 0 Å². The van der Waals surface area contributed by atoms with E-state index < -0.39 is 19.2 Å². The largest absolute Gasteiger partial charge is 0.475 e. The van der Waals surface area contributed by atoms with E-state index in [0.29, 0.717) is 13.1 Å². The fraction of sp³-hybridized carbons (Fsp3) is 0.467. The SMILES string of the molecule is CC(=O)N1CC(COC(=O)N[C@@H](Cc2ccccc2)B(O)O)C1. The Labute approximate surface area is 135 Å². The van der Waals surface area contributed by atoms with Crippen molar-refractivity contribution in [2.45, 2.75) is 19.3 Å². The van der Waals surface area contributed by atoms with Gasteiger partial charge in [0.25, 0.3) is 0 Å². The molecule has 2 rings (SSSR count). The first-order valence-corrected chi connectivity index (χ1v) is 7.54. The molecule has 2 amide bonds. The van der Waals surface area contributed by atoms with Crippen LogP contribution in [0.25, 0.3) is 0 Å². The summed E-state index contributed by atoms with van der Waals surface area (Å²) in [5, 5.41) is 21.2. The maximum atomic E-state index is 11.8. The predicted octanol–water partition coefficient (Wildman–Crippen LogP) is -0.186. The van der Waals surface area contributed by atoms with E-state index in [2.05, 4.69) is 5.32 Å². The van der Waals surface area contributed by atoms with Crippen LogP contribution < -0.4 is 5.32 Å². The van der Waals surface area contributed by atoms with Crippen LogP contribution in [0, 0.1) is 5.92 Å². The van der Waals surface area contributed by atoms with Gasteiger partial charge in [0, 0.05) is 25.9 Å². The molecule has 0 aromatic heterocycles. The van der Waals surface area contributed by atoms with Gasteiger partial charge in [0.1, 0.15) is 0 Å². The number of hydrogen-bond donors (Lipinski definition) is 3. The highest BCUT2D eigenvalue weighted by Crippen LogP contribution is 2.15. The summed E-state index contributed by atoms with van der Waals surface area (Å²) in [5.41, 5.74) is 0.877. The van der Waals surface area contributed by atoms with E-state index in [-0.39, 0.29) is 24.9 Å². The number of nitrogens with one attached hydrogen (secondary N) is 1. The number of carbonyl (C=O) groups is 2. The third-order valence-electron chi connectivity index (χ3n) is 3.81. The number of hydrogen-bond acceptors (Lipinski definition) is 5. The molecule has 0 unspecified atom stereocenters. The van der Waals surface area contributed by atoms with Crippen molar-refractivity contribution < 1.29 is 24.4 Å². The van der Waals surface area contributed by atoms with E-state index in [1.54, 1.807) is 4.90 Å². The van der Waals surface area contributed by atoms with E-state index in [1.807, 2.05) is 30.3 Å². The summed E-state index contributed by atoms with van der Waals surface area (Å²) in [6.45, 7) is 2.87. The van der Waals surface area contributed by atoms with Crippen molar-refractivity contribution in [3.63, 3.8) is 0 Å². The number of nitrogens with zero attached hydrogens (tertiary/aromatic N) is 1. The first-order valence-electron chi connectivity index (χ1n) is 7.54. The summed E-state index contributed by atoms with van der Waals surface area (Å²) >= 11 is 0. The highest BCUT2D eigenvalue weighted by atomic mass is 16.5. The van der Waals surface area contributed by atoms with Crippen LogP contribution in [0.1, 0.15) is 12.5 Å². The van der Waals surface area contributed by atoms with Gasteiger partial charge >= 0.3 is 13.2 Å². The molecule has 1 fully saturated rings. The van der Waals surface area contributed by atoms with E-state index in [4.69, 9.17) is 4.74 Å². The van der Waals surface area contributed by atoms with Crippen molar-refractivity contribution in [2.75, 3.05) is 19.7 Å². The van der Waals surface area contributed by atoms with Gasteiger partial charge in [-0.3, -0.25) is 4.79 Å². The molecular weight excluding hydrogens is 299 g/mol. The number of alkyl carbamates (subject to hydrolysis) is 1. The lowest BCUT2D eigenvalue weighted by atomic mass is 9.76. The Morgan fingerprint density at radius 3 is 2.57 bits per heavy atom. The van der Waals surface area contributed by atoms with Crippen LogP contribution >= 0.6 is 0 Å². The first kappa shape index (κ1) is 17.3. The van der Waals surface area contributed by atoms with Crippen LogP contribution in [0.15, 0.2) is 30.3 Å². The lowest BCUT2D eigenvalue weighted by Gasteiger charge is -2.38. The topological polar surface area (TPSA) is 99.1 Å². The monoisotopic (exact) mass is 320 g/mol. The average Bonchev–Trinajstić information content (AvgIpc) is 2.45. The summed E-state index contributed by atoms with van der Waals surface area (Å²) in [7, 11) is -1.68. The maximum absolute atomic E-state index is 11.8. The molecule has 124 valence electrons. The number of carbonyl (C=O) groups excluding carboxylic acids is 2. The minimum Gasteiger partial charge on any atom is -0.449 e. The molecule has 1 heterocycles. The second-order valence-corrected chi connectivity index (χ2v) is 5.74. The van der Waals surface area contributed by atoms with Crippen LogP contribution in [0.5, 0.6) is 0 Å². The van der Waals surface area contributed by atoms with Crippen molar-refractivity contribution in [1.82, 2.24) is 10.2 Å². The number of rotatable bonds is 6. The Morgan fingerprint density at radius 1 is 1.35 bits per heavy atom. The zero-order valence-corrected chi connectivity index (χ0v) is 13.0. The van der Waals surface area contributed by atoms with Crippen molar-refractivity contribution >= 4 is 19.1 Å². The molecule has 3 N–H and O–H groups in total.